The van der Waals surface area contributed by atoms with Crippen LogP contribution in [0.15, 0.2) is 45.3 Å². The summed E-state index contributed by atoms with van der Waals surface area (Å²) >= 11 is 1.77. The molecule has 164 valence electrons. The van der Waals surface area contributed by atoms with E-state index >= 15 is 0 Å². The van der Waals surface area contributed by atoms with Crippen molar-refractivity contribution in [2.75, 3.05) is 19.6 Å². The van der Waals surface area contributed by atoms with Gasteiger partial charge in [0, 0.05) is 29.9 Å². The molecule has 0 radical (unpaired) electrons. The molecule has 0 aromatic carbocycles. The molecule has 6 heteroatoms. The second-order valence-electron chi connectivity index (χ2n) is 8.87. The third-order valence-corrected chi connectivity index (χ3v) is 7.45. The highest BCUT2D eigenvalue weighted by Crippen LogP contribution is 2.27. The summed E-state index contributed by atoms with van der Waals surface area (Å²) in [6.45, 7) is 6.55. The van der Waals surface area contributed by atoms with Crippen LogP contribution in [0.4, 0.5) is 0 Å². The summed E-state index contributed by atoms with van der Waals surface area (Å²) < 4.78 is 5.46. The first-order valence-corrected chi connectivity index (χ1v) is 12.5. The number of thiophene rings is 1. The zero-order chi connectivity index (χ0) is 20.6. The van der Waals surface area contributed by atoms with Gasteiger partial charge < -0.3 is 20.0 Å². The number of piperidine rings is 1. The van der Waals surface area contributed by atoms with E-state index in [1.807, 2.05) is 12.1 Å². The highest BCUT2D eigenvalue weighted by atomic mass is 32.1. The summed E-state index contributed by atoms with van der Waals surface area (Å²) in [6.07, 6.45) is 10.4. The zero-order valence-electron chi connectivity index (χ0n) is 18.2. The number of likely N-dealkylation sites (tertiary alicyclic amines) is 1. The second kappa shape index (κ2) is 11.0. The lowest BCUT2D eigenvalue weighted by Crippen LogP contribution is -2.49. The van der Waals surface area contributed by atoms with Gasteiger partial charge in [0.1, 0.15) is 5.76 Å². The molecule has 0 unspecified atom stereocenters. The van der Waals surface area contributed by atoms with E-state index in [4.69, 9.17) is 9.41 Å². The largest absolute Gasteiger partial charge is 0.469 e. The molecule has 5 nitrogen and oxygen atoms in total. The second-order valence-corrected chi connectivity index (χ2v) is 9.90. The minimum atomic E-state index is 0.517. The average molecular weight is 429 g/mol. The van der Waals surface area contributed by atoms with E-state index < -0.39 is 0 Å². The molecule has 2 aromatic heterocycles. The fourth-order valence-corrected chi connectivity index (χ4v) is 5.27. The van der Waals surface area contributed by atoms with Crippen molar-refractivity contribution < 1.29 is 4.42 Å². The third kappa shape index (κ3) is 6.35. The van der Waals surface area contributed by atoms with Crippen LogP contribution in [0.25, 0.3) is 0 Å². The first-order chi connectivity index (χ1) is 14.8. The molecule has 0 bridgehead atoms. The SMILES string of the molecule is CC1CCN(C2CCC(NC(=NCc3cccs3)NCCc3ccco3)CC2)CC1. The molecule has 3 heterocycles. The minimum Gasteiger partial charge on any atom is -0.469 e. The van der Waals surface area contributed by atoms with Crippen LogP contribution in [-0.2, 0) is 13.0 Å². The van der Waals surface area contributed by atoms with Crippen molar-refractivity contribution in [3.63, 3.8) is 0 Å². The van der Waals surface area contributed by atoms with Gasteiger partial charge in [-0.3, -0.25) is 0 Å². The van der Waals surface area contributed by atoms with Crippen molar-refractivity contribution in [1.82, 2.24) is 15.5 Å². The maximum Gasteiger partial charge on any atom is 0.191 e. The maximum atomic E-state index is 5.46. The topological polar surface area (TPSA) is 52.8 Å². The first-order valence-electron chi connectivity index (χ1n) is 11.6. The molecule has 2 aliphatic rings. The molecule has 1 aliphatic carbocycles. The Morgan fingerprint density at radius 3 is 2.67 bits per heavy atom. The number of hydrogen-bond acceptors (Lipinski definition) is 4. The van der Waals surface area contributed by atoms with Crippen molar-refractivity contribution in [3.8, 4) is 0 Å². The predicted octanol–water partition coefficient (Wildman–Crippen LogP) is 4.66. The Balaban J connectivity index is 1.27. The van der Waals surface area contributed by atoms with Crippen molar-refractivity contribution in [2.45, 2.75) is 70.5 Å². The molecular weight excluding hydrogens is 392 g/mol. The molecule has 2 N–H and O–H groups in total. The Morgan fingerprint density at radius 2 is 1.97 bits per heavy atom. The summed E-state index contributed by atoms with van der Waals surface area (Å²) in [6, 6.07) is 9.52. The zero-order valence-corrected chi connectivity index (χ0v) is 19.0. The standard InChI is InChI=1S/C24H36N4OS/c1-19-11-14-28(15-12-19)21-8-6-20(7-9-21)27-24(26-18-23-5-3-17-30-23)25-13-10-22-4-2-16-29-22/h2-5,16-17,19-21H,6-15,18H2,1H3,(H2,25,26,27). The van der Waals surface area contributed by atoms with Crippen molar-refractivity contribution in [1.29, 1.82) is 0 Å². The summed E-state index contributed by atoms with van der Waals surface area (Å²) in [5, 5.41) is 9.36. The molecule has 2 aromatic rings. The van der Waals surface area contributed by atoms with Gasteiger partial charge in [0.15, 0.2) is 5.96 Å². The third-order valence-electron chi connectivity index (χ3n) is 6.59. The summed E-state index contributed by atoms with van der Waals surface area (Å²) in [5.41, 5.74) is 0. The van der Waals surface area contributed by atoms with Gasteiger partial charge in [0.25, 0.3) is 0 Å². The average Bonchev–Trinajstić information content (AvgIpc) is 3.47. The molecule has 1 saturated heterocycles. The van der Waals surface area contributed by atoms with E-state index in [0.29, 0.717) is 6.04 Å². The van der Waals surface area contributed by atoms with Crippen LogP contribution in [0.5, 0.6) is 0 Å². The van der Waals surface area contributed by atoms with Gasteiger partial charge in [-0.1, -0.05) is 13.0 Å². The van der Waals surface area contributed by atoms with Crippen molar-refractivity contribution in [3.05, 3.63) is 46.5 Å². The van der Waals surface area contributed by atoms with Gasteiger partial charge in [-0.15, -0.1) is 11.3 Å². The van der Waals surface area contributed by atoms with Gasteiger partial charge in [0.2, 0.25) is 0 Å². The lowest BCUT2D eigenvalue weighted by molar-refractivity contribution is 0.105. The van der Waals surface area contributed by atoms with Crippen LogP contribution < -0.4 is 10.6 Å². The lowest BCUT2D eigenvalue weighted by atomic mass is 9.88. The van der Waals surface area contributed by atoms with E-state index in [1.54, 1.807) is 17.6 Å². The Bertz CT molecular complexity index is 742. The van der Waals surface area contributed by atoms with Gasteiger partial charge in [-0.2, -0.15) is 0 Å². The molecule has 0 atom stereocenters. The quantitative estimate of drug-likeness (QED) is 0.497. The number of nitrogens with one attached hydrogen (secondary N) is 2. The van der Waals surface area contributed by atoms with E-state index in [-0.39, 0.29) is 0 Å². The molecule has 1 saturated carbocycles. The highest BCUT2D eigenvalue weighted by Gasteiger charge is 2.28. The number of rotatable bonds is 7. The molecular formula is C24H36N4OS. The maximum absolute atomic E-state index is 5.46. The number of nitrogens with zero attached hydrogens (tertiary/aromatic N) is 2. The lowest BCUT2D eigenvalue weighted by Gasteiger charge is -2.40. The number of furan rings is 1. The predicted molar refractivity (Wildman–Crippen MR) is 125 cm³/mol. The molecule has 0 spiro atoms. The molecule has 30 heavy (non-hydrogen) atoms. The summed E-state index contributed by atoms with van der Waals surface area (Å²) in [7, 11) is 0. The number of hydrogen-bond donors (Lipinski definition) is 2. The summed E-state index contributed by atoms with van der Waals surface area (Å²) in [5.74, 6) is 2.86. The van der Waals surface area contributed by atoms with Gasteiger partial charge in [0.05, 0.1) is 12.8 Å². The normalized spacial score (nSPS) is 24.1. The Hall–Kier alpha value is -1.79. The van der Waals surface area contributed by atoms with Crippen LogP contribution in [0, 0.1) is 5.92 Å². The van der Waals surface area contributed by atoms with Crippen LogP contribution in [0.3, 0.4) is 0 Å². The molecule has 0 amide bonds. The van der Waals surface area contributed by atoms with E-state index in [0.717, 1.165) is 43.2 Å². The minimum absolute atomic E-state index is 0.517. The van der Waals surface area contributed by atoms with Crippen LogP contribution >= 0.6 is 11.3 Å². The van der Waals surface area contributed by atoms with Crippen molar-refractivity contribution >= 4 is 17.3 Å². The molecule has 1 aliphatic heterocycles. The fourth-order valence-electron chi connectivity index (χ4n) is 4.64. The molecule has 4 rings (SSSR count). The van der Waals surface area contributed by atoms with Gasteiger partial charge in [-0.25, -0.2) is 4.99 Å². The van der Waals surface area contributed by atoms with Crippen LogP contribution in [0.1, 0.15) is 56.1 Å². The molecule has 2 fully saturated rings. The first kappa shape index (κ1) is 21.4. The smallest absolute Gasteiger partial charge is 0.191 e. The van der Waals surface area contributed by atoms with Gasteiger partial charge in [-0.05, 0) is 81.1 Å². The van der Waals surface area contributed by atoms with Crippen molar-refractivity contribution in [2.24, 2.45) is 10.9 Å². The Morgan fingerprint density at radius 1 is 1.13 bits per heavy atom. The Kier molecular flexibility index (Phi) is 7.87. The Labute approximate surface area is 185 Å². The number of aliphatic imine (C=N–C) groups is 1. The monoisotopic (exact) mass is 428 g/mol. The highest BCUT2D eigenvalue weighted by molar-refractivity contribution is 7.09. The summed E-state index contributed by atoms with van der Waals surface area (Å²) in [4.78, 5) is 8.91. The fraction of sp³-hybridized carbons (Fsp3) is 0.625. The van der Waals surface area contributed by atoms with E-state index in [1.165, 1.54) is 56.5 Å². The van der Waals surface area contributed by atoms with Crippen LogP contribution in [-0.4, -0.2) is 42.6 Å². The van der Waals surface area contributed by atoms with Crippen LogP contribution in [0.2, 0.25) is 0 Å². The van der Waals surface area contributed by atoms with Gasteiger partial charge >= 0.3 is 0 Å². The number of guanidine groups is 1. The van der Waals surface area contributed by atoms with E-state index in [2.05, 4.69) is 40.0 Å². The van der Waals surface area contributed by atoms with E-state index in [9.17, 15) is 0 Å².